The van der Waals surface area contributed by atoms with Crippen LogP contribution in [-0.4, -0.2) is 16.9 Å². The van der Waals surface area contributed by atoms with Crippen LogP contribution in [0.2, 0.25) is 0 Å². The van der Waals surface area contributed by atoms with Crippen LogP contribution in [0.25, 0.3) is 0 Å². The van der Waals surface area contributed by atoms with Crippen LogP contribution in [0.3, 0.4) is 0 Å². The van der Waals surface area contributed by atoms with Gasteiger partial charge in [0, 0.05) is 11.7 Å². The second-order valence-corrected chi connectivity index (χ2v) is 4.31. The first kappa shape index (κ1) is 13.8. The summed E-state index contributed by atoms with van der Waals surface area (Å²) in [6.45, 7) is 0. The van der Waals surface area contributed by atoms with Gasteiger partial charge in [0.1, 0.15) is 0 Å². The number of nitrogens with two attached hydrogens (primary N) is 1. The van der Waals surface area contributed by atoms with E-state index in [2.05, 4.69) is 10.3 Å². The fourth-order valence-corrected chi connectivity index (χ4v) is 2.05. The highest BCUT2D eigenvalue weighted by molar-refractivity contribution is 5.85. The van der Waals surface area contributed by atoms with Gasteiger partial charge in [-0.3, -0.25) is 9.78 Å². The Kier molecular flexibility index (Phi) is 5.22. The van der Waals surface area contributed by atoms with Crippen LogP contribution in [-0.2, 0) is 11.2 Å². The van der Waals surface area contributed by atoms with E-state index in [0.717, 1.165) is 18.5 Å². The normalized spacial score (nSPS) is 15.3. The van der Waals surface area contributed by atoms with E-state index in [9.17, 15) is 4.79 Å². The summed E-state index contributed by atoms with van der Waals surface area (Å²) < 4.78 is 0. The van der Waals surface area contributed by atoms with Crippen molar-refractivity contribution < 1.29 is 4.79 Å². The van der Waals surface area contributed by atoms with Crippen molar-refractivity contribution in [3.05, 3.63) is 24.0 Å². The standard InChI is InChI=1S/C12H17N3O.ClH/c13-9-5-6-11(14-8-9)7-12(16)15-10-3-1-2-4-10;/h5-6,8,10H,1-4,7,13H2,(H,15,16);1H. The Bertz CT molecular complexity index is 361. The molecule has 1 aliphatic carbocycles. The third kappa shape index (κ3) is 4.23. The summed E-state index contributed by atoms with van der Waals surface area (Å²) in [7, 11) is 0. The van der Waals surface area contributed by atoms with E-state index in [1.807, 2.05) is 0 Å². The van der Waals surface area contributed by atoms with Crippen LogP contribution in [0, 0.1) is 0 Å². The number of carbonyl (C=O) groups excluding carboxylic acids is 1. The van der Waals surface area contributed by atoms with Crippen molar-refractivity contribution in [2.24, 2.45) is 0 Å². The molecule has 0 saturated heterocycles. The fourth-order valence-electron chi connectivity index (χ4n) is 2.05. The molecule has 1 heterocycles. The maximum absolute atomic E-state index is 11.7. The molecule has 0 aliphatic heterocycles. The predicted octanol–water partition coefficient (Wildman–Crippen LogP) is 1.69. The summed E-state index contributed by atoms with van der Waals surface area (Å²) in [4.78, 5) is 15.8. The minimum absolute atomic E-state index is 0. The van der Waals surface area contributed by atoms with Gasteiger partial charge in [0.2, 0.25) is 5.91 Å². The number of nitrogens with zero attached hydrogens (tertiary/aromatic N) is 1. The second kappa shape index (κ2) is 6.45. The highest BCUT2D eigenvalue weighted by Crippen LogP contribution is 2.17. The van der Waals surface area contributed by atoms with E-state index in [1.165, 1.54) is 12.8 Å². The topological polar surface area (TPSA) is 68.0 Å². The van der Waals surface area contributed by atoms with Crippen molar-refractivity contribution in [2.75, 3.05) is 5.73 Å². The predicted molar refractivity (Wildman–Crippen MR) is 70.0 cm³/mol. The molecule has 94 valence electrons. The lowest BCUT2D eigenvalue weighted by molar-refractivity contribution is -0.121. The first-order valence-electron chi connectivity index (χ1n) is 5.74. The summed E-state index contributed by atoms with van der Waals surface area (Å²) in [5.41, 5.74) is 6.92. The highest BCUT2D eigenvalue weighted by Gasteiger charge is 2.17. The third-order valence-electron chi connectivity index (χ3n) is 2.91. The van der Waals surface area contributed by atoms with Gasteiger partial charge in [-0.2, -0.15) is 0 Å². The number of aromatic nitrogens is 1. The summed E-state index contributed by atoms with van der Waals surface area (Å²) in [6, 6.07) is 3.94. The lowest BCUT2D eigenvalue weighted by Crippen LogP contribution is -2.33. The van der Waals surface area contributed by atoms with Crippen molar-refractivity contribution in [1.29, 1.82) is 0 Å². The van der Waals surface area contributed by atoms with Crippen molar-refractivity contribution in [3.8, 4) is 0 Å². The molecule has 1 saturated carbocycles. The van der Waals surface area contributed by atoms with Crippen LogP contribution < -0.4 is 11.1 Å². The van der Waals surface area contributed by atoms with E-state index >= 15 is 0 Å². The molecule has 1 aliphatic rings. The molecule has 1 aromatic rings. The molecule has 5 heteroatoms. The van der Waals surface area contributed by atoms with Crippen molar-refractivity contribution in [3.63, 3.8) is 0 Å². The van der Waals surface area contributed by atoms with Gasteiger partial charge < -0.3 is 11.1 Å². The summed E-state index contributed by atoms with van der Waals surface area (Å²) in [6.07, 6.45) is 6.60. The third-order valence-corrected chi connectivity index (χ3v) is 2.91. The minimum atomic E-state index is 0. The monoisotopic (exact) mass is 255 g/mol. The zero-order valence-electron chi connectivity index (χ0n) is 9.69. The summed E-state index contributed by atoms with van der Waals surface area (Å²) in [5.74, 6) is 0.0594. The van der Waals surface area contributed by atoms with E-state index in [0.29, 0.717) is 18.2 Å². The number of pyridine rings is 1. The number of rotatable bonds is 3. The van der Waals surface area contributed by atoms with Gasteiger partial charge in [-0.1, -0.05) is 12.8 Å². The number of amides is 1. The molecular weight excluding hydrogens is 238 g/mol. The second-order valence-electron chi connectivity index (χ2n) is 4.31. The summed E-state index contributed by atoms with van der Waals surface area (Å²) >= 11 is 0. The molecule has 0 radical (unpaired) electrons. The number of carbonyl (C=O) groups is 1. The molecule has 2 rings (SSSR count). The zero-order chi connectivity index (χ0) is 11.4. The first-order chi connectivity index (χ1) is 7.74. The van der Waals surface area contributed by atoms with Gasteiger partial charge in [-0.15, -0.1) is 12.4 Å². The molecule has 0 spiro atoms. The van der Waals surface area contributed by atoms with Crippen molar-refractivity contribution >= 4 is 24.0 Å². The van der Waals surface area contributed by atoms with E-state index in [1.54, 1.807) is 18.3 Å². The first-order valence-corrected chi connectivity index (χ1v) is 5.74. The van der Waals surface area contributed by atoms with Gasteiger partial charge in [-0.05, 0) is 25.0 Å². The Labute approximate surface area is 107 Å². The van der Waals surface area contributed by atoms with Gasteiger partial charge >= 0.3 is 0 Å². The lowest BCUT2D eigenvalue weighted by Gasteiger charge is -2.11. The minimum Gasteiger partial charge on any atom is -0.397 e. The Morgan fingerprint density at radius 3 is 2.71 bits per heavy atom. The molecule has 4 nitrogen and oxygen atoms in total. The number of anilines is 1. The van der Waals surface area contributed by atoms with Gasteiger partial charge in [0.05, 0.1) is 18.3 Å². The van der Waals surface area contributed by atoms with E-state index in [4.69, 9.17) is 5.73 Å². The molecular formula is C12H18ClN3O. The van der Waals surface area contributed by atoms with E-state index < -0.39 is 0 Å². The van der Waals surface area contributed by atoms with Gasteiger partial charge in [0.25, 0.3) is 0 Å². The fraction of sp³-hybridized carbons (Fsp3) is 0.500. The van der Waals surface area contributed by atoms with Gasteiger partial charge in [0.15, 0.2) is 0 Å². The van der Waals surface area contributed by atoms with E-state index in [-0.39, 0.29) is 18.3 Å². The SMILES string of the molecule is Cl.Nc1ccc(CC(=O)NC2CCCC2)nc1. The Morgan fingerprint density at radius 1 is 1.41 bits per heavy atom. The lowest BCUT2D eigenvalue weighted by atomic mass is 10.2. The van der Waals surface area contributed by atoms with Crippen LogP contribution in [0.5, 0.6) is 0 Å². The van der Waals surface area contributed by atoms with Crippen molar-refractivity contribution in [1.82, 2.24) is 10.3 Å². The van der Waals surface area contributed by atoms with Crippen LogP contribution in [0.1, 0.15) is 31.4 Å². The quantitative estimate of drug-likeness (QED) is 0.864. The number of hydrogen-bond donors (Lipinski definition) is 2. The number of hydrogen-bond acceptors (Lipinski definition) is 3. The zero-order valence-corrected chi connectivity index (χ0v) is 10.5. The number of nitrogens with one attached hydrogen (secondary N) is 1. The number of nitrogen functional groups attached to an aromatic ring is 1. The smallest absolute Gasteiger partial charge is 0.226 e. The Morgan fingerprint density at radius 2 is 2.12 bits per heavy atom. The Balaban J connectivity index is 0.00000144. The Hall–Kier alpha value is -1.29. The van der Waals surface area contributed by atoms with Crippen LogP contribution >= 0.6 is 12.4 Å². The molecule has 1 fully saturated rings. The average Bonchev–Trinajstić information content (AvgIpc) is 2.74. The maximum Gasteiger partial charge on any atom is 0.226 e. The van der Waals surface area contributed by atoms with Gasteiger partial charge in [-0.25, -0.2) is 0 Å². The van der Waals surface area contributed by atoms with Crippen molar-refractivity contribution in [2.45, 2.75) is 38.1 Å². The molecule has 1 amide bonds. The molecule has 0 atom stereocenters. The molecule has 0 bridgehead atoms. The number of halogens is 1. The molecule has 1 aromatic heterocycles. The summed E-state index contributed by atoms with van der Waals surface area (Å²) in [5, 5.41) is 3.03. The molecule has 17 heavy (non-hydrogen) atoms. The molecule has 0 aromatic carbocycles. The molecule has 3 N–H and O–H groups in total. The van der Waals surface area contributed by atoms with Crippen LogP contribution in [0.4, 0.5) is 5.69 Å². The molecule has 0 unspecified atom stereocenters. The van der Waals surface area contributed by atoms with Crippen LogP contribution in [0.15, 0.2) is 18.3 Å². The highest BCUT2D eigenvalue weighted by atomic mass is 35.5. The largest absolute Gasteiger partial charge is 0.397 e. The average molecular weight is 256 g/mol. The maximum atomic E-state index is 11.7.